The Labute approximate surface area is 146 Å². The minimum Gasteiger partial charge on any atom is -0.416 e. The van der Waals surface area contributed by atoms with E-state index >= 15 is 0 Å². The molecular weight excluding hydrogens is 374 g/mol. The second-order valence-corrected chi connectivity index (χ2v) is 6.71. The molecule has 0 aliphatic heterocycles. The maximum atomic E-state index is 8.91. The molecular formula is C17H12BrN3OS. The molecule has 0 radical (unpaired) electrons. The number of hydrogen-bond donors (Lipinski definition) is 0. The van der Waals surface area contributed by atoms with Gasteiger partial charge in [-0.3, -0.25) is 0 Å². The van der Waals surface area contributed by atoms with Gasteiger partial charge in [0.25, 0.3) is 5.22 Å². The molecule has 0 spiro atoms. The first-order valence-electron chi connectivity index (χ1n) is 6.91. The monoisotopic (exact) mass is 385 g/mol. The molecule has 1 aromatic heterocycles. The third-order valence-electron chi connectivity index (χ3n) is 3.14. The Morgan fingerprint density at radius 3 is 2.70 bits per heavy atom. The van der Waals surface area contributed by atoms with Gasteiger partial charge in [0, 0.05) is 10.2 Å². The number of halogens is 1. The van der Waals surface area contributed by atoms with E-state index in [0.29, 0.717) is 28.9 Å². The number of hydrogen-bond acceptors (Lipinski definition) is 5. The van der Waals surface area contributed by atoms with Crippen molar-refractivity contribution in [1.82, 2.24) is 10.2 Å². The van der Waals surface area contributed by atoms with Gasteiger partial charge in [0.05, 0.1) is 18.1 Å². The van der Waals surface area contributed by atoms with Gasteiger partial charge in [-0.1, -0.05) is 52.0 Å². The van der Waals surface area contributed by atoms with Gasteiger partial charge in [0.1, 0.15) is 0 Å². The van der Waals surface area contributed by atoms with Gasteiger partial charge in [0.2, 0.25) is 5.89 Å². The molecule has 0 amide bonds. The van der Waals surface area contributed by atoms with Gasteiger partial charge >= 0.3 is 0 Å². The predicted molar refractivity (Wildman–Crippen MR) is 92.0 cm³/mol. The molecule has 3 aromatic rings. The summed E-state index contributed by atoms with van der Waals surface area (Å²) in [7, 11) is 0. The van der Waals surface area contributed by atoms with E-state index in [1.165, 1.54) is 11.8 Å². The van der Waals surface area contributed by atoms with Crippen LogP contribution in [0, 0.1) is 11.3 Å². The van der Waals surface area contributed by atoms with Gasteiger partial charge in [-0.05, 0) is 35.4 Å². The summed E-state index contributed by atoms with van der Waals surface area (Å²) in [4.78, 5) is 0. The average Bonchev–Trinajstić information content (AvgIpc) is 3.03. The van der Waals surface area contributed by atoms with Crippen LogP contribution in [0.5, 0.6) is 0 Å². The molecule has 0 aliphatic carbocycles. The first-order valence-corrected chi connectivity index (χ1v) is 8.69. The molecule has 0 atom stereocenters. The van der Waals surface area contributed by atoms with Crippen LogP contribution < -0.4 is 0 Å². The number of nitriles is 1. The highest BCUT2D eigenvalue weighted by Gasteiger charge is 2.08. The summed E-state index contributed by atoms with van der Waals surface area (Å²) >= 11 is 4.88. The lowest BCUT2D eigenvalue weighted by Gasteiger charge is -1.99. The molecule has 114 valence electrons. The van der Waals surface area contributed by atoms with Crippen molar-refractivity contribution >= 4 is 27.7 Å². The lowest BCUT2D eigenvalue weighted by Crippen LogP contribution is -1.87. The molecule has 0 aliphatic rings. The van der Waals surface area contributed by atoms with E-state index in [2.05, 4.69) is 32.2 Å². The zero-order chi connectivity index (χ0) is 16.1. The number of nitrogens with zero attached hydrogens (tertiary/aromatic N) is 3. The molecule has 0 saturated carbocycles. The molecule has 0 bridgehead atoms. The van der Waals surface area contributed by atoms with Crippen molar-refractivity contribution in [3.63, 3.8) is 0 Å². The standard InChI is InChI=1S/C17H12BrN3OS/c18-15-6-4-12(5-7-15)9-16-20-21-17(22-16)23-11-14-3-1-2-13(8-14)10-19/h1-8H,9,11H2. The van der Waals surface area contributed by atoms with Gasteiger partial charge in [-0.25, -0.2) is 0 Å². The third kappa shape index (κ3) is 4.44. The Kier molecular flexibility index (Phi) is 5.11. The van der Waals surface area contributed by atoms with Crippen LogP contribution in [-0.4, -0.2) is 10.2 Å². The highest BCUT2D eigenvalue weighted by atomic mass is 79.9. The molecule has 1 heterocycles. The summed E-state index contributed by atoms with van der Waals surface area (Å²) in [5.74, 6) is 1.29. The molecule has 2 aromatic carbocycles. The van der Waals surface area contributed by atoms with Crippen molar-refractivity contribution in [3.8, 4) is 6.07 Å². The Morgan fingerprint density at radius 2 is 1.91 bits per heavy atom. The molecule has 3 rings (SSSR count). The lowest BCUT2D eigenvalue weighted by atomic mass is 10.2. The van der Waals surface area contributed by atoms with Crippen LogP contribution in [0.2, 0.25) is 0 Å². The zero-order valence-corrected chi connectivity index (χ0v) is 14.5. The fourth-order valence-electron chi connectivity index (χ4n) is 2.02. The summed E-state index contributed by atoms with van der Waals surface area (Å²) in [5.41, 5.74) is 2.83. The average molecular weight is 386 g/mol. The van der Waals surface area contributed by atoms with Gasteiger partial charge in [-0.2, -0.15) is 5.26 Å². The Hall–Kier alpha value is -2.10. The summed E-state index contributed by atoms with van der Waals surface area (Å²) in [6, 6.07) is 17.7. The van der Waals surface area contributed by atoms with Crippen LogP contribution in [0.1, 0.15) is 22.6 Å². The fourth-order valence-corrected chi connectivity index (χ4v) is 3.01. The van der Waals surface area contributed by atoms with Crippen molar-refractivity contribution in [1.29, 1.82) is 5.26 Å². The SMILES string of the molecule is N#Cc1cccc(CSc2nnc(Cc3ccc(Br)cc3)o2)c1. The van der Waals surface area contributed by atoms with Crippen molar-refractivity contribution in [2.24, 2.45) is 0 Å². The van der Waals surface area contributed by atoms with Gasteiger partial charge < -0.3 is 4.42 Å². The number of aromatic nitrogens is 2. The largest absolute Gasteiger partial charge is 0.416 e. The topological polar surface area (TPSA) is 62.7 Å². The smallest absolute Gasteiger partial charge is 0.276 e. The quantitative estimate of drug-likeness (QED) is 0.601. The highest BCUT2D eigenvalue weighted by Crippen LogP contribution is 2.23. The Balaban J connectivity index is 1.61. The van der Waals surface area contributed by atoms with Crippen LogP contribution in [0.3, 0.4) is 0 Å². The van der Waals surface area contributed by atoms with Crippen LogP contribution in [0.15, 0.2) is 62.6 Å². The van der Waals surface area contributed by atoms with E-state index in [-0.39, 0.29) is 0 Å². The molecule has 0 unspecified atom stereocenters. The third-order valence-corrected chi connectivity index (χ3v) is 4.55. The molecule has 0 saturated heterocycles. The Bertz CT molecular complexity index is 840. The highest BCUT2D eigenvalue weighted by molar-refractivity contribution is 9.10. The van der Waals surface area contributed by atoms with Crippen LogP contribution in [0.25, 0.3) is 0 Å². The minimum absolute atomic E-state index is 0.541. The number of thioether (sulfide) groups is 1. The lowest BCUT2D eigenvalue weighted by molar-refractivity contribution is 0.420. The first kappa shape index (κ1) is 15.8. The van der Waals surface area contributed by atoms with Gasteiger partial charge in [0.15, 0.2) is 0 Å². The van der Waals surface area contributed by atoms with Crippen LogP contribution in [-0.2, 0) is 12.2 Å². The minimum atomic E-state index is 0.541. The van der Waals surface area contributed by atoms with Gasteiger partial charge in [-0.15, -0.1) is 10.2 Å². The molecule has 4 nitrogen and oxygen atoms in total. The van der Waals surface area contributed by atoms with Crippen molar-refractivity contribution in [2.45, 2.75) is 17.4 Å². The number of rotatable bonds is 5. The normalized spacial score (nSPS) is 10.4. The van der Waals surface area contributed by atoms with E-state index in [0.717, 1.165) is 15.6 Å². The van der Waals surface area contributed by atoms with E-state index in [9.17, 15) is 0 Å². The molecule has 23 heavy (non-hydrogen) atoms. The summed E-state index contributed by atoms with van der Waals surface area (Å²) in [6.07, 6.45) is 0.616. The van der Waals surface area contributed by atoms with Crippen LogP contribution in [0.4, 0.5) is 0 Å². The van der Waals surface area contributed by atoms with E-state index in [1.807, 2.05) is 42.5 Å². The van der Waals surface area contributed by atoms with E-state index in [4.69, 9.17) is 9.68 Å². The predicted octanol–water partition coefficient (Wildman–Crippen LogP) is 4.59. The summed E-state index contributed by atoms with van der Waals surface area (Å²) < 4.78 is 6.70. The van der Waals surface area contributed by atoms with Crippen molar-refractivity contribution in [2.75, 3.05) is 0 Å². The fraction of sp³-hybridized carbons (Fsp3) is 0.118. The summed E-state index contributed by atoms with van der Waals surface area (Å²) in [6.45, 7) is 0. The molecule has 6 heteroatoms. The van der Waals surface area contributed by atoms with Crippen molar-refractivity contribution in [3.05, 3.63) is 75.6 Å². The second kappa shape index (κ2) is 7.44. The second-order valence-electron chi connectivity index (χ2n) is 4.87. The number of benzene rings is 2. The zero-order valence-electron chi connectivity index (χ0n) is 12.1. The first-order chi connectivity index (χ1) is 11.2. The summed E-state index contributed by atoms with van der Waals surface area (Å²) in [5, 5.41) is 17.6. The molecule has 0 N–H and O–H groups in total. The van der Waals surface area contributed by atoms with Crippen LogP contribution >= 0.6 is 27.7 Å². The van der Waals surface area contributed by atoms with E-state index in [1.54, 1.807) is 6.07 Å². The molecule has 0 fully saturated rings. The van der Waals surface area contributed by atoms with Crippen molar-refractivity contribution < 1.29 is 4.42 Å². The maximum Gasteiger partial charge on any atom is 0.276 e. The van der Waals surface area contributed by atoms with E-state index < -0.39 is 0 Å². The Morgan fingerprint density at radius 1 is 1.09 bits per heavy atom. The maximum absolute atomic E-state index is 8.91.